The zero-order valence-corrected chi connectivity index (χ0v) is 25.3. The summed E-state index contributed by atoms with van der Waals surface area (Å²) in [5, 5.41) is 18.2. The van der Waals surface area contributed by atoms with Gasteiger partial charge in [0.15, 0.2) is 5.72 Å². The minimum atomic E-state index is -0.958. The third-order valence-electron chi connectivity index (χ3n) is 7.78. The van der Waals surface area contributed by atoms with Crippen LogP contribution in [-0.4, -0.2) is 63.4 Å². The van der Waals surface area contributed by atoms with Crippen LogP contribution in [0.5, 0.6) is 5.75 Å². The van der Waals surface area contributed by atoms with Crippen LogP contribution < -0.4 is 5.32 Å². The van der Waals surface area contributed by atoms with Gasteiger partial charge < -0.3 is 24.6 Å². The van der Waals surface area contributed by atoms with E-state index in [9.17, 15) is 14.7 Å². The zero-order chi connectivity index (χ0) is 31.4. The number of nitrogens with one attached hydrogen (secondary N) is 1. The van der Waals surface area contributed by atoms with E-state index in [1.54, 1.807) is 54.3 Å². The van der Waals surface area contributed by atoms with Crippen molar-refractivity contribution in [2.24, 2.45) is 7.05 Å². The molecule has 0 radical (unpaired) electrons. The Bertz CT molecular complexity index is 1760. The highest BCUT2D eigenvalue weighted by Crippen LogP contribution is 2.38. The molecule has 11 heteroatoms. The van der Waals surface area contributed by atoms with Crippen LogP contribution in [0.25, 0.3) is 11.3 Å². The minimum absolute atomic E-state index is 0.0471. The van der Waals surface area contributed by atoms with E-state index in [0.717, 1.165) is 5.56 Å². The van der Waals surface area contributed by atoms with Crippen molar-refractivity contribution >= 4 is 29.3 Å². The Kier molecular flexibility index (Phi) is 8.76. The molecule has 2 aliphatic rings. The van der Waals surface area contributed by atoms with Crippen molar-refractivity contribution in [1.29, 1.82) is 0 Å². The van der Waals surface area contributed by atoms with Crippen molar-refractivity contribution in [3.05, 3.63) is 101 Å². The van der Waals surface area contributed by atoms with E-state index < -0.39 is 17.9 Å². The van der Waals surface area contributed by atoms with E-state index in [4.69, 9.17) is 25.8 Å². The van der Waals surface area contributed by atoms with E-state index in [1.807, 2.05) is 30.3 Å². The maximum atomic E-state index is 13.5. The van der Waals surface area contributed by atoms with Crippen molar-refractivity contribution in [3.8, 4) is 28.8 Å². The van der Waals surface area contributed by atoms with Crippen LogP contribution in [0.3, 0.4) is 0 Å². The quantitative estimate of drug-likeness (QED) is 0.288. The van der Waals surface area contributed by atoms with Crippen LogP contribution in [0.4, 0.5) is 10.5 Å². The van der Waals surface area contributed by atoms with Gasteiger partial charge in [-0.3, -0.25) is 14.4 Å². The van der Waals surface area contributed by atoms with Gasteiger partial charge in [-0.15, -0.1) is 0 Å². The third kappa shape index (κ3) is 6.66. The van der Waals surface area contributed by atoms with Gasteiger partial charge in [0, 0.05) is 47.9 Å². The number of phenols is 1. The van der Waals surface area contributed by atoms with E-state index in [2.05, 4.69) is 22.3 Å². The van der Waals surface area contributed by atoms with Crippen LogP contribution in [0.1, 0.15) is 29.5 Å². The second kappa shape index (κ2) is 13.0. The first-order valence-electron chi connectivity index (χ1n) is 14.5. The van der Waals surface area contributed by atoms with Crippen molar-refractivity contribution in [1.82, 2.24) is 14.7 Å². The second-order valence-electron chi connectivity index (χ2n) is 10.8. The number of carbonyl (C=O) groups excluding carboxylic acids is 2. The Morgan fingerprint density at radius 3 is 2.60 bits per heavy atom. The molecule has 0 saturated carbocycles. The number of carbonyl (C=O) groups is 2. The number of ether oxygens (including phenoxy) is 3. The van der Waals surface area contributed by atoms with Crippen molar-refractivity contribution in [2.45, 2.75) is 31.2 Å². The number of benzene rings is 3. The fourth-order valence-corrected chi connectivity index (χ4v) is 5.66. The fourth-order valence-electron chi connectivity index (χ4n) is 5.49. The normalized spacial score (nSPS) is 17.0. The third-order valence-corrected chi connectivity index (χ3v) is 8.01. The maximum absolute atomic E-state index is 13.5. The van der Waals surface area contributed by atoms with Gasteiger partial charge in [0.05, 0.1) is 25.4 Å². The SMILES string of the molecule is Cn1cc(C#Cc2ccc(NC(=O)[C@@H]3COC4(CCOCC4)N3C(=O)OCc3ccccc3)cc2)c(-c2cc(Cl)ccc2O)n1. The monoisotopic (exact) mass is 626 g/mol. The molecule has 1 spiro atoms. The number of aryl methyl sites for hydroxylation is 1. The Morgan fingerprint density at radius 2 is 1.84 bits per heavy atom. The van der Waals surface area contributed by atoms with Crippen LogP contribution in [0.15, 0.2) is 79.0 Å². The number of anilines is 1. The first-order chi connectivity index (χ1) is 21.8. The summed E-state index contributed by atoms with van der Waals surface area (Å²) in [5.41, 5.74) is 2.76. The number of hydrogen-bond donors (Lipinski definition) is 2. The highest BCUT2D eigenvalue weighted by Gasteiger charge is 2.54. The molecule has 3 aromatic carbocycles. The molecule has 0 bridgehead atoms. The molecule has 2 fully saturated rings. The number of hydrogen-bond acceptors (Lipinski definition) is 7. The van der Waals surface area contributed by atoms with Crippen LogP contribution in [-0.2, 0) is 32.7 Å². The fraction of sp³-hybridized carbons (Fsp3) is 0.265. The molecule has 2 saturated heterocycles. The van der Waals surface area contributed by atoms with Gasteiger partial charge in [-0.25, -0.2) is 4.79 Å². The Balaban J connectivity index is 1.16. The summed E-state index contributed by atoms with van der Waals surface area (Å²) < 4.78 is 18.9. The lowest BCUT2D eigenvalue weighted by molar-refractivity contribution is -0.140. The lowest BCUT2D eigenvalue weighted by Gasteiger charge is -2.40. The number of amides is 2. The summed E-state index contributed by atoms with van der Waals surface area (Å²) >= 11 is 6.14. The standard InChI is InChI=1S/C34H31ClN4O6/c1-38-20-25(31(37-38)28-19-26(35)11-14-30(28)40)10-7-23-8-12-27(13-9-23)36-32(41)29-22-45-34(15-17-43-18-16-34)39(29)33(42)44-21-24-5-3-2-4-6-24/h2-6,8-9,11-14,19-20,29,40H,15-18,21-22H2,1H3,(H,36,41)/t29-/m0/s1. The van der Waals surface area contributed by atoms with E-state index in [-0.39, 0.29) is 24.9 Å². The molecule has 1 aromatic heterocycles. The molecule has 6 rings (SSSR count). The predicted octanol–water partition coefficient (Wildman–Crippen LogP) is 5.33. The Morgan fingerprint density at radius 1 is 1.09 bits per heavy atom. The van der Waals surface area contributed by atoms with E-state index in [1.165, 1.54) is 11.0 Å². The Labute approximate surface area is 265 Å². The average Bonchev–Trinajstić information content (AvgIpc) is 3.61. The van der Waals surface area contributed by atoms with Crippen molar-refractivity contribution in [2.75, 3.05) is 25.1 Å². The average molecular weight is 627 g/mol. The highest BCUT2D eigenvalue weighted by atomic mass is 35.5. The summed E-state index contributed by atoms with van der Waals surface area (Å²) in [7, 11) is 1.77. The molecular formula is C34H31ClN4O6. The predicted molar refractivity (Wildman–Crippen MR) is 167 cm³/mol. The van der Waals surface area contributed by atoms with Gasteiger partial charge in [0.2, 0.25) is 5.91 Å². The molecule has 2 amide bonds. The number of aromatic hydroxyl groups is 1. The van der Waals surface area contributed by atoms with Gasteiger partial charge in [-0.1, -0.05) is 53.8 Å². The zero-order valence-electron chi connectivity index (χ0n) is 24.5. The largest absolute Gasteiger partial charge is 0.507 e. The molecule has 10 nitrogen and oxygen atoms in total. The molecule has 230 valence electrons. The Hall–Kier alpha value is -4.82. The summed E-state index contributed by atoms with van der Waals surface area (Å²) in [4.78, 5) is 28.4. The number of aromatic nitrogens is 2. The minimum Gasteiger partial charge on any atom is -0.507 e. The van der Waals surface area contributed by atoms with Crippen molar-refractivity contribution < 1.29 is 28.9 Å². The van der Waals surface area contributed by atoms with Crippen LogP contribution in [0, 0.1) is 11.8 Å². The summed E-state index contributed by atoms with van der Waals surface area (Å²) in [6.45, 7) is 0.964. The van der Waals surface area contributed by atoms with Gasteiger partial charge in [-0.05, 0) is 48.0 Å². The second-order valence-corrected chi connectivity index (χ2v) is 11.3. The smallest absolute Gasteiger partial charge is 0.413 e. The van der Waals surface area contributed by atoms with Crippen LogP contribution in [0.2, 0.25) is 5.02 Å². The van der Waals surface area contributed by atoms with Crippen molar-refractivity contribution in [3.63, 3.8) is 0 Å². The molecule has 3 heterocycles. The first-order valence-corrected chi connectivity index (χ1v) is 14.9. The molecule has 0 aliphatic carbocycles. The van der Waals surface area contributed by atoms with Gasteiger partial charge in [0.25, 0.3) is 0 Å². The number of nitrogens with zero attached hydrogens (tertiary/aromatic N) is 3. The highest BCUT2D eigenvalue weighted by molar-refractivity contribution is 6.31. The summed E-state index contributed by atoms with van der Waals surface area (Å²) in [6, 6.07) is 20.3. The lowest BCUT2D eigenvalue weighted by Crippen LogP contribution is -2.56. The van der Waals surface area contributed by atoms with E-state index in [0.29, 0.717) is 59.1 Å². The topological polar surface area (TPSA) is 115 Å². The molecule has 1 atom stereocenters. The molecule has 4 aromatic rings. The number of phenolic OH excluding ortho intramolecular Hbond substituents is 1. The lowest BCUT2D eigenvalue weighted by atomic mass is 10.0. The summed E-state index contributed by atoms with van der Waals surface area (Å²) in [5.74, 6) is 5.90. The van der Waals surface area contributed by atoms with E-state index >= 15 is 0 Å². The molecule has 45 heavy (non-hydrogen) atoms. The molecule has 0 unspecified atom stereocenters. The van der Waals surface area contributed by atoms with Gasteiger partial charge in [0.1, 0.15) is 24.1 Å². The number of rotatable bonds is 5. The van der Waals surface area contributed by atoms with Crippen LogP contribution >= 0.6 is 11.6 Å². The molecule has 2 aliphatic heterocycles. The summed E-state index contributed by atoms with van der Waals surface area (Å²) in [6.07, 6.45) is 2.05. The van der Waals surface area contributed by atoms with Gasteiger partial charge >= 0.3 is 6.09 Å². The first kappa shape index (κ1) is 30.2. The number of halogens is 1. The van der Waals surface area contributed by atoms with Gasteiger partial charge in [-0.2, -0.15) is 5.10 Å². The maximum Gasteiger partial charge on any atom is 0.413 e. The molecule has 2 N–H and O–H groups in total. The molecular weight excluding hydrogens is 596 g/mol.